The molecule has 0 rings (SSSR count). The molecule has 0 aliphatic heterocycles. The van der Waals surface area contributed by atoms with E-state index < -0.39 is 17.6 Å². The topological polar surface area (TPSA) is 81.4 Å². The Labute approximate surface area is 103 Å². The molecule has 1 amide bonds. The van der Waals surface area contributed by atoms with E-state index in [1.54, 1.807) is 20.8 Å². The molecule has 1 unspecified atom stereocenters. The van der Waals surface area contributed by atoms with E-state index in [0.29, 0.717) is 6.42 Å². The van der Waals surface area contributed by atoms with Gasteiger partial charge in [0.05, 0.1) is 6.54 Å². The molecule has 0 heterocycles. The number of carbonyl (C=O) groups is 2. The number of esters is 1. The molecule has 0 aromatic rings. The number of hydrogen-bond donors (Lipinski definition) is 2. The zero-order chi connectivity index (χ0) is 13.6. The van der Waals surface area contributed by atoms with Crippen molar-refractivity contribution < 1.29 is 14.3 Å². The third-order valence-corrected chi connectivity index (χ3v) is 1.92. The summed E-state index contributed by atoms with van der Waals surface area (Å²) in [6, 6.07) is -0.620. The largest absolute Gasteiger partial charge is 0.458 e. The monoisotopic (exact) mass is 244 g/mol. The Morgan fingerprint density at radius 2 is 1.82 bits per heavy atom. The second-order valence-corrected chi connectivity index (χ2v) is 5.49. The van der Waals surface area contributed by atoms with Gasteiger partial charge in [-0.3, -0.25) is 4.79 Å². The van der Waals surface area contributed by atoms with Crippen LogP contribution in [0.2, 0.25) is 0 Å². The van der Waals surface area contributed by atoms with Crippen molar-refractivity contribution in [3.63, 3.8) is 0 Å². The molecule has 17 heavy (non-hydrogen) atoms. The quantitative estimate of drug-likeness (QED) is 0.701. The fourth-order valence-corrected chi connectivity index (χ4v) is 1.31. The van der Waals surface area contributed by atoms with E-state index in [1.807, 2.05) is 13.8 Å². The molecular weight excluding hydrogens is 220 g/mol. The van der Waals surface area contributed by atoms with Gasteiger partial charge < -0.3 is 15.8 Å². The van der Waals surface area contributed by atoms with Crippen LogP contribution in [0.5, 0.6) is 0 Å². The SMILES string of the molecule is CC(C)CC(NC(=O)CN)C(=O)OC(C)(C)C. The lowest BCUT2D eigenvalue weighted by molar-refractivity contribution is -0.159. The highest BCUT2D eigenvalue weighted by molar-refractivity contribution is 5.85. The molecule has 0 aliphatic rings. The van der Waals surface area contributed by atoms with Gasteiger partial charge in [0.2, 0.25) is 5.91 Å². The van der Waals surface area contributed by atoms with Crippen LogP contribution >= 0.6 is 0 Å². The van der Waals surface area contributed by atoms with Gasteiger partial charge in [0.15, 0.2) is 0 Å². The van der Waals surface area contributed by atoms with Crippen LogP contribution in [0, 0.1) is 5.92 Å². The van der Waals surface area contributed by atoms with Crippen LogP contribution in [0.25, 0.3) is 0 Å². The van der Waals surface area contributed by atoms with E-state index in [-0.39, 0.29) is 18.4 Å². The smallest absolute Gasteiger partial charge is 0.329 e. The minimum Gasteiger partial charge on any atom is -0.458 e. The number of carbonyl (C=O) groups excluding carboxylic acids is 2. The fraction of sp³-hybridized carbons (Fsp3) is 0.833. The summed E-state index contributed by atoms with van der Waals surface area (Å²) in [5.74, 6) is -0.472. The van der Waals surface area contributed by atoms with Crippen LogP contribution in [0.3, 0.4) is 0 Å². The third-order valence-electron chi connectivity index (χ3n) is 1.92. The van der Waals surface area contributed by atoms with Gasteiger partial charge >= 0.3 is 5.97 Å². The van der Waals surface area contributed by atoms with Crippen LogP contribution in [0.15, 0.2) is 0 Å². The maximum absolute atomic E-state index is 11.9. The van der Waals surface area contributed by atoms with Crippen molar-refractivity contribution in [3.05, 3.63) is 0 Å². The molecule has 3 N–H and O–H groups in total. The second-order valence-electron chi connectivity index (χ2n) is 5.49. The molecule has 5 heteroatoms. The van der Waals surface area contributed by atoms with Crippen molar-refractivity contribution in [1.82, 2.24) is 5.32 Å². The zero-order valence-electron chi connectivity index (χ0n) is 11.4. The van der Waals surface area contributed by atoms with Crippen molar-refractivity contribution in [1.29, 1.82) is 0 Å². The molecule has 0 saturated carbocycles. The highest BCUT2D eigenvalue weighted by Crippen LogP contribution is 2.12. The summed E-state index contributed by atoms with van der Waals surface area (Å²) in [5.41, 5.74) is 4.66. The lowest BCUT2D eigenvalue weighted by Gasteiger charge is -2.25. The number of rotatable bonds is 5. The second kappa shape index (κ2) is 6.59. The minimum absolute atomic E-state index is 0.128. The van der Waals surface area contributed by atoms with E-state index in [2.05, 4.69) is 5.32 Å². The molecule has 100 valence electrons. The molecule has 1 atom stereocenters. The first-order valence-corrected chi connectivity index (χ1v) is 5.88. The number of amides is 1. The lowest BCUT2D eigenvalue weighted by atomic mass is 10.0. The number of ether oxygens (including phenoxy) is 1. The average molecular weight is 244 g/mol. The van der Waals surface area contributed by atoms with Crippen LogP contribution in [0.4, 0.5) is 0 Å². The van der Waals surface area contributed by atoms with Gasteiger partial charge in [0.1, 0.15) is 11.6 Å². The highest BCUT2D eigenvalue weighted by Gasteiger charge is 2.26. The molecule has 0 fully saturated rings. The first-order chi connectivity index (χ1) is 7.65. The summed E-state index contributed by atoms with van der Waals surface area (Å²) in [4.78, 5) is 23.1. The first kappa shape index (κ1) is 15.9. The predicted octanol–water partition coefficient (Wildman–Crippen LogP) is 0.818. The van der Waals surface area contributed by atoms with Crippen LogP contribution in [-0.2, 0) is 14.3 Å². The van der Waals surface area contributed by atoms with Crippen molar-refractivity contribution in [2.45, 2.75) is 52.7 Å². The molecule has 0 aliphatic carbocycles. The van der Waals surface area contributed by atoms with Crippen molar-refractivity contribution in [2.24, 2.45) is 11.7 Å². The Hall–Kier alpha value is -1.10. The van der Waals surface area contributed by atoms with Crippen LogP contribution in [0.1, 0.15) is 41.0 Å². The maximum Gasteiger partial charge on any atom is 0.329 e. The first-order valence-electron chi connectivity index (χ1n) is 5.88. The van der Waals surface area contributed by atoms with Crippen molar-refractivity contribution in [2.75, 3.05) is 6.54 Å². The van der Waals surface area contributed by atoms with Gasteiger partial charge in [-0.1, -0.05) is 13.8 Å². The van der Waals surface area contributed by atoms with Crippen molar-refractivity contribution >= 4 is 11.9 Å². The summed E-state index contributed by atoms with van der Waals surface area (Å²) < 4.78 is 5.25. The van der Waals surface area contributed by atoms with Gasteiger partial charge in [0.25, 0.3) is 0 Å². The Morgan fingerprint density at radius 1 is 1.29 bits per heavy atom. The average Bonchev–Trinajstić information content (AvgIpc) is 2.13. The maximum atomic E-state index is 11.9. The molecular formula is C12H24N2O3. The third kappa shape index (κ3) is 7.74. The predicted molar refractivity (Wildman–Crippen MR) is 66.3 cm³/mol. The van der Waals surface area contributed by atoms with E-state index in [1.165, 1.54) is 0 Å². The normalized spacial score (nSPS) is 13.4. The Bertz CT molecular complexity index is 269. The highest BCUT2D eigenvalue weighted by atomic mass is 16.6. The van der Waals surface area contributed by atoms with Crippen molar-refractivity contribution in [3.8, 4) is 0 Å². The van der Waals surface area contributed by atoms with E-state index >= 15 is 0 Å². The molecule has 0 saturated heterocycles. The number of hydrogen-bond acceptors (Lipinski definition) is 4. The fourth-order valence-electron chi connectivity index (χ4n) is 1.31. The molecule has 0 spiro atoms. The van der Waals surface area contributed by atoms with Gasteiger partial charge in [-0.05, 0) is 33.1 Å². The van der Waals surface area contributed by atoms with Crippen LogP contribution < -0.4 is 11.1 Å². The van der Waals surface area contributed by atoms with Crippen LogP contribution in [-0.4, -0.2) is 30.1 Å². The van der Waals surface area contributed by atoms with Gasteiger partial charge in [0, 0.05) is 0 Å². The standard InChI is InChI=1S/C12H24N2O3/c1-8(2)6-9(14-10(15)7-13)11(16)17-12(3,4)5/h8-9H,6-7,13H2,1-5H3,(H,14,15). The van der Waals surface area contributed by atoms with Gasteiger partial charge in [-0.2, -0.15) is 0 Å². The molecule has 0 radical (unpaired) electrons. The number of nitrogens with two attached hydrogens (primary N) is 1. The summed E-state index contributed by atoms with van der Waals surface area (Å²) in [7, 11) is 0. The summed E-state index contributed by atoms with van der Waals surface area (Å²) >= 11 is 0. The zero-order valence-corrected chi connectivity index (χ0v) is 11.4. The lowest BCUT2D eigenvalue weighted by Crippen LogP contribution is -2.46. The Morgan fingerprint density at radius 3 is 2.18 bits per heavy atom. The number of nitrogens with one attached hydrogen (secondary N) is 1. The summed E-state index contributed by atoms with van der Waals surface area (Å²) in [6.07, 6.45) is 0.542. The summed E-state index contributed by atoms with van der Waals surface area (Å²) in [5, 5.41) is 2.58. The Balaban J connectivity index is 4.56. The molecule has 5 nitrogen and oxygen atoms in total. The van der Waals surface area contributed by atoms with E-state index in [0.717, 1.165) is 0 Å². The molecule has 0 bridgehead atoms. The van der Waals surface area contributed by atoms with E-state index in [9.17, 15) is 9.59 Å². The van der Waals surface area contributed by atoms with Gasteiger partial charge in [-0.15, -0.1) is 0 Å². The molecule has 0 aromatic carbocycles. The van der Waals surface area contributed by atoms with Gasteiger partial charge in [-0.25, -0.2) is 4.79 Å². The Kier molecular flexibility index (Phi) is 6.16. The minimum atomic E-state index is -0.620. The summed E-state index contributed by atoms with van der Waals surface area (Å²) in [6.45, 7) is 9.21. The van der Waals surface area contributed by atoms with E-state index in [4.69, 9.17) is 10.5 Å². The molecule has 0 aromatic heterocycles.